The van der Waals surface area contributed by atoms with Crippen LogP contribution < -0.4 is 4.74 Å². The number of ether oxygens (including phenoxy) is 1. The molecule has 1 aliphatic carbocycles. The molecule has 1 N–H and O–H groups in total. The third-order valence-electron chi connectivity index (χ3n) is 6.43. The van der Waals surface area contributed by atoms with Crippen LogP contribution in [0, 0.1) is 12.8 Å². The standard InChI is InChI=1S/C24H23F3N4O2/c1-14-9-17(18-3-2-8-28-18)22(30-11-14)23(32)31-13-15-4-6-19(31)20(10-15)33-21-7-5-16(12-29-21)24(25,26)27/h2-3,5,7-9,11-12,15,19-20,28H,4,6,10,13H2,1H3/t15-,19-,20+/m0/s1. The molecule has 2 bridgehead atoms. The number of rotatable bonds is 4. The van der Waals surface area contributed by atoms with Crippen LogP contribution in [0.15, 0.2) is 48.9 Å². The molecule has 3 atom stereocenters. The molecule has 1 saturated carbocycles. The van der Waals surface area contributed by atoms with Gasteiger partial charge in [0.1, 0.15) is 11.8 Å². The summed E-state index contributed by atoms with van der Waals surface area (Å²) in [5, 5.41) is 0. The van der Waals surface area contributed by atoms with Crippen molar-refractivity contribution < 1.29 is 22.7 Å². The fraction of sp³-hybridized carbons (Fsp3) is 0.375. The van der Waals surface area contributed by atoms with Crippen molar-refractivity contribution in [3.8, 4) is 17.1 Å². The zero-order valence-electron chi connectivity index (χ0n) is 18.0. The normalized spacial score (nSPS) is 22.4. The number of carbonyl (C=O) groups excluding carboxylic acids is 1. The van der Waals surface area contributed by atoms with E-state index in [1.807, 2.05) is 30.0 Å². The number of halogens is 3. The first-order valence-electron chi connectivity index (χ1n) is 10.9. The second kappa shape index (κ2) is 8.20. The lowest BCUT2D eigenvalue weighted by Gasteiger charge is -2.49. The highest BCUT2D eigenvalue weighted by Crippen LogP contribution is 2.39. The van der Waals surface area contributed by atoms with Gasteiger partial charge in [0, 0.05) is 42.5 Å². The molecule has 3 fully saturated rings. The average molecular weight is 456 g/mol. The summed E-state index contributed by atoms with van der Waals surface area (Å²) in [6.07, 6.45) is 1.98. The van der Waals surface area contributed by atoms with E-state index in [0.717, 1.165) is 48.3 Å². The Morgan fingerprint density at radius 3 is 2.70 bits per heavy atom. The van der Waals surface area contributed by atoms with E-state index >= 15 is 0 Å². The second-order valence-corrected chi connectivity index (χ2v) is 8.74. The molecule has 33 heavy (non-hydrogen) atoms. The number of piperidine rings is 2. The maximum atomic E-state index is 13.6. The maximum absolute atomic E-state index is 13.6. The van der Waals surface area contributed by atoms with E-state index in [2.05, 4.69) is 15.0 Å². The van der Waals surface area contributed by atoms with Crippen molar-refractivity contribution in [2.24, 2.45) is 5.92 Å². The molecular weight excluding hydrogens is 433 g/mol. The lowest BCUT2D eigenvalue weighted by atomic mass is 9.77. The number of alkyl halides is 3. The third-order valence-corrected chi connectivity index (χ3v) is 6.43. The van der Waals surface area contributed by atoms with Gasteiger partial charge < -0.3 is 14.6 Å². The topological polar surface area (TPSA) is 71.1 Å². The van der Waals surface area contributed by atoms with Crippen molar-refractivity contribution in [3.05, 3.63) is 65.7 Å². The van der Waals surface area contributed by atoms with Crippen LogP contribution in [0.25, 0.3) is 11.3 Å². The molecule has 172 valence electrons. The van der Waals surface area contributed by atoms with Crippen LogP contribution in [0.1, 0.15) is 40.9 Å². The van der Waals surface area contributed by atoms with E-state index in [-0.39, 0.29) is 29.9 Å². The zero-order chi connectivity index (χ0) is 23.2. The number of fused-ring (bicyclic) bond motifs is 3. The van der Waals surface area contributed by atoms with Crippen LogP contribution in [0.4, 0.5) is 13.2 Å². The highest BCUT2D eigenvalue weighted by atomic mass is 19.4. The summed E-state index contributed by atoms with van der Waals surface area (Å²) in [7, 11) is 0. The largest absolute Gasteiger partial charge is 0.472 e. The lowest BCUT2D eigenvalue weighted by Crippen LogP contribution is -2.59. The second-order valence-electron chi connectivity index (χ2n) is 8.74. The Morgan fingerprint density at radius 2 is 2.03 bits per heavy atom. The van der Waals surface area contributed by atoms with E-state index in [1.54, 1.807) is 12.4 Å². The average Bonchev–Trinajstić information content (AvgIpc) is 3.33. The smallest absolute Gasteiger partial charge is 0.417 e. The van der Waals surface area contributed by atoms with Gasteiger partial charge in [0.2, 0.25) is 5.88 Å². The Morgan fingerprint density at radius 1 is 1.18 bits per heavy atom. The molecule has 2 aliphatic heterocycles. The summed E-state index contributed by atoms with van der Waals surface area (Å²) in [4.78, 5) is 26.9. The molecule has 0 radical (unpaired) electrons. The SMILES string of the molecule is Cc1cnc(C(=O)N2C[C@H]3CC[C@H]2[C@H](Oc2ccc(C(F)(F)F)cn2)C3)c(-c2ccc[nH]2)c1. The van der Waals surface area contributed by atoms with E-state index in [0.29, 0.717) is 12.2 Å². The van der Waals surface area contributed by atoms with Crippen molar-refractivity contribution in [2.45, 2.75) is 44.5 Å². The van der Waals surface area contributed by atoms with Gasteiger partial charge in [-0.2, -0.15) is 13.2 Å². The quantitative estimate of drug-likeness (QED) is 0.608. The number of hydrogen-bond donors (Lipinski definition) is 1. The monoisotopic (exact) mass is 456 g/mol. The van der Waals surface area contributed by atoms with Crippen LogP contribution in [0.3, 0.4) is 0 Å². The zero-order valence-corrected chi connectivity index (χ0v) is 18.0. The highest BCUT2D eigenvalue weighted by Gasteiger charge is 2.45. The summed E-state index contributed by atoms with van der Waals surface area (Å²) in [6, 6.07) is 7.72. The number of H-pyrrole nitrogens is 1. The molecule has 2 saturated heterocycles. The van der Waals surface area contributed by atoms with Crippen LogP contribution in [0.2, 0.25) is 0 Å². The Labute approximate surface area is 188 Å². The van der Waals surface area contributed by atoms with Gasteiger partial charge in [-0.05, 0) is 61.9 Å². The number of amides is 1. The van der Waals surface area contributed by atoms with E-state index in [4.69, 9.17) is 4.74 Å². The van der Waals surface area contributed by atoms with Gasteiger partial charge in [0.25, 0.3) is 5.91 Å². The van der Waals surface area contributed by atoms with Gasteiger partial charge in [-0.3, -0.25) is 9.78 Å². The summed E-state index contributed by atoms with van der Waals surface area (Å²) in [6.45, 7) is 2.54. The van der Waals surface area contributed by atoms with Gasteiger partial charge in [-0.15, -0.1) is 0 Å². The summed E-state index contributed by atoms with van der Waals surface area (Å²) in [5.74, 6) is 0.231. The van der Waals surface area contributed by atoms with Crippen molar-refractivity contribution in [3.63, 3.8) is 0 Å². The molecule has 0 aromatic carbocycles. The van der Waals surface area contributed by atoms with Gasteiger partial charge in [0.15, 0.2) is 0 Å². The Balaban J connectivity index is 1.39. The molecule has 3 aromatic heterocycles. The number of aromatic nitrogens is 3. The predicted octanol–water partition coefficient (Wildman–Crippen LogP) is 4.87. The Kier molecular flexibility index (Phi) is 5.34. The summed E-state index contributed by atoms with van der Waals surface area (Å²) < 4.78 is 44.5. The Bertz CT molecular complexity index is 1150. The fourth-order valence-electron chi connectivity index (χ4n) is 4.84. The van der Waals surface area contributed by atoms with Gasteiger partial charge in [0.05, 0.1) is 11.6 Å². The van der Waals surface area contributed by atoms with Crippen molar-refractivity contribution in [1.82, 2.24) is 19.9 Å². The molecule has 0 spiro atoms. The van der Waals surface area contributed by atoms with Crippen molar-refractivity contribution >= 4 is 5.91 Å². The van der Waals surface area contributed by atoms with Crippen LogP contribution >= 0.6 is 0 Å². The maximum Gasteiger partial charge on any atom is 0.417 e. The summed E-state index contributed by atoms with van der Waals surface area (Å²) in [5.41, 5.74) is 2.07. The van der Waals surface area contributed by atoms with Gasteiger partial charge in [-0.25, -0.2) is 4.98 Å². The van der Waals surface area contributed by atoms with Crippen LogP contribution in [-0.4, -0.2) is 44.4 Å². The molecule has 1 amide bonds. The van der Waals surface area contributed by atoms with Gasteiger partial charge >= 0.3 is 6.18 Å². The number of nitrogens with one attached hydrogen (secondary N) is 1. The van der Waals surface area contributed by atoms with Crippen molar-refractivity contribution in [1.29, 1.82) is 0 Å². The molecule has 9 heteroatoms. The first-order valence-corrected chi connectivity index (χ1v) is 10.9. The fourth-order valence-corrected chi connectivity index (χ4v) is 4.84. The number of nitrogens with zero attached hydrogens (tertiary/aromatic N) is 3. The number of aryl methyl sites for hydroxylation is 1. The number of hydrogen-bond acceptors (Lipinski definition) is 4. The lowest BCUT2D eigenvalue weighted by molar-refractivity contribution is -0.137. The molecule has 5 heterocycles. The van der Waals surface area contributed by atoms with Crippen LogP contribution in [-0.2, 0) is 6.18 Å². The number of carbonyl (C=O) groups is 1. The summed E-state index contributed by atoms with van der Waals surface area (Å²) >= 11 is 0. The molecule has 6 nitrogen and oxygen atoms in total. The van der Waals surface area contributed by atoms with E-state index in [1.165, 1.54) is 6.07 Å². The predicted molar refractivity (Wildman–Crippen MR) is 115 cm³/mol. The van der Waals surface area contributed by atoms with E-state index in [9.17, 15) is 18.0 Å². The number of pyridine rings is 2. The first kappa shape index (κ1) is 21.5. The van der Waals surface area contributed by atoms with Crippen LogP contribution in [0.5, 0.6) is 5.88 Å². The van der Waals surface area contributed by atoms with Crippen molar-refractivity contribution in [2.75, 3.05) is 6.54 Å². The molecule has 6 rings (SSSR count). The highest BCUT2D eigenvalue weighted by molar-refractivity contribution is 5.99. The molecule has 0 unspecified atom stereocenters. The Hall–Kier alpha value is -3.36. The first-order chi connectivity index (χ1) is 15.8. The number of aromatic amines is 1. The minimum atomic E-state index is -4.45. The molecular formula is C24H23F3N4O2. The minimum Gasteiger partial charge on any atom is -0.472 e. The van der Waals surface area contributed by atoms with E-state index < -0.39 is 11.7 Å². The third kappa shape index (κ3) is 4.19. The molecule has 3 aromatic rings. The minimum absolute atomic E-state index is 0.133. The van der Waals surface area contributed by atoms with Gasteiger partial charge in [-0.1, -0.05) is 0 Å². The molecule has 3 aliphatic rings.